The molecule has 0 aromatic carbocycles. The van der Waals surface area contributed by atoms with E-state index in [1.165, 1.54) is 6.92 Å². The smallest absolute Gasteiger partial charge is 0.339 e. The topological polar surface area (TPSA) is 84.3 Å². The van der Waals surface area contributed by atoms with Crippen LogP contribution in [0.3, 0.4) is 0 Å². The Hall–Kier alpha value is -1.40. The fraction of sp³-hybridized carbons (Fsp3) is 0.615. The predicted molar refractivity (Wildman–Crippen MR) is 74.8 cm³/mol. The van der Waals surface area contributed by atoms with Gasteiger partial charge < -0.3 is 15.2 Å². The van der Waals surface area contributed by atoms with Gasteiger partial charge in [0.2, 0.25) is 0 Å². The summed E-state index contributed by atoms with van der Waals surface area (Å²) in [5.41, 5.74) is -1.62. The molecule has 20 heavy (non-hydrogen) atoms. The third kappa shape index (κ3) is 3.80. The van der Waals surface area contributed by atoms with Crippen molar-refractivity contribution in [3.8, 4) is 0 Å². The summed E-state index contributed by atoms with van der Waals surface area (Å²) >= 11 is 5.94. The Morgan fingerprint density at radius 3 is 2.90 bits per heavy atom. The van der Waals surface area contributed by atoms with E-state index in [4.69, 9.17) is 16.3 Å². The van der Waals surface area contributed by atoms with E-state index in [1.54, 1.807) is 13.0 Å². The second kappa shape index (κ2) is 5.93. The molecule has 1 aromatic heterocycles. The third-order valence-electron chi connectivity index (χ3n) is 2.98. The van der Waals surface area contributed by atoms with E-state index in [9.17, 15) is 9.90 Å². The zero-order chi connectivity index (χ0) is 14.8. The van der Waals surface area contributed by atoms with Crippen LogP contribution in [0.1, 0.15) is 38.4 Å². The van der Waals surface area contributed by atoms with Crippen LogP contribution in [0.5, 0.6) is 0 Å². The number of aromatic nitrogens is 2. The zero-order valence-corrected chi connectivity index (χ0v) is 12.3. The molecular weight excluding hydrogens is 282 g/mol. The Balaban J connectivity index is 2.01. The van der Waals surface area contributed by atoms with Crippen molar-refractivity contribution in [1.29, 1.82) is 0 Å². The molecule has 1 saturated carbocycles. The number of hydrogen-bond donors (Lipinski definition) is 2. The molecule has 0 spiro atoms. The standard InChI is InChI=1S/C13H18ClN3O3/c1-3-20-12(18)13(2,19)7-15-10-6-9(14)16-11(17-10)8-4-5-8/h6,8,19H,3-5,7H2,1-2H3,(H,15,16,17)/t13-/m0/s1. The van der Waals surface area contributed by atoms with Crippen molar-refractivity contribution in [2.75, 3.05) is 18.5 Å². The van der Waals surface area contributed by atoms with Crippen molar-refractivity contribution in [1.82, 2.24) is 9.97 Å². The van der Waals surface area contributed by atoms with Gasteiger partial charge in [-0.1, -0.05) is 11.6 Å². The minimum Gasteiger partial charge on any atom is -0.464 e. The van der Waals surface area contributed by atoms with Crippen molar-refractivity contribution >= 4 is 23.4 Å². The summed E-state index contributed by atoms with van der Waals surface area (Å²) in [5.74, 6) is 0.905. The summed E-state index contributed by atoms with van der Waals surface area (Å²) in [6, 6.07) is 1.56. The lowest BCUT2D eigenvalue weighted by Gasteiger charge is -2.21. The number of anilines is 1. The van der Waals surface area contributed by atoms with E-state index in [0.717, 1.165) is 12.8 Å². The fourth-order valence-electron chi connectivity index (χ4n) is 1.67. The van der Waals surface area contributed by atoms with Gasteiger partial charge in [-0.25, -0.2) is 14.8 Å². The number of carbonyl (C=O) groups excluding carboxylic acids is 1. The highest BCUT2D eigenvalue weighted by Crippen LogP contribution is 2.38. The minimum absolute atomic E-state index is 0.0106. The van der Waals surface area contributed by atoms with Crippen LogP contribution >= 0.6 is 11.6 Å². The molecule has 2 N–H and O–H groups in total. The van der Waals surface area contributed by atoms with Crippen molar-refractivity contribution in [3.63, 3.8) is 0 Å². The number of esters is 1. The number of hydrogen-bond acceptors (Lipinski definition) is 6. The van der Waals surface area contributed by atoms with Crippen LogP contribution in [0.15, 0.2) is 6.07 Å². The van der Waals surface area contributed by atoms with Crippen molar-refractivity contribution in [2.24, 2.45) is 0 Å². The predicted octanol–water partition coefficient (Wildman–Crippen LogP) is 1.73. The van der Waals surface area contributed by atoms with Crippen molar-refractivity contribution < 1.29 is 14.6 Å². The maximum atomic E-state index is 11.6. The first-order valence-corrected chi connectivity index (χ1v) is 6.98. The van der Waals surface area contributed by atoms with E-state index in [0.29, 0.717) is 22.7 Å². The van der Waals surface area contributed by atoms with Crippen LogP contribution in [0.2, 0.25) is 5.15 Å². The Morgan fingerprint density at radius 2 is 2.30 bits per heavy atom. The molecule has 0 amide bonds. The Kier molecular flexibility index (Phi) is 4.45. The fourth-order valence-corrected chi connectivity index (χ4v) is 1.86. The van der Waals surface area contributed by atoms with Crippen molar-refractivity contribution in [2.45, 2.75) is 38.2 Å². The first kappa shape index (κ1) is 15.0. The summed E-state index contributed by atoms with van der Waals surface area (Å²) in [6.45, 7) is 3.29. The number of ether oxygens (including phenoxy) is 1. The quantitative estimate of drug-likeness (QED) is 0.615. The Labute approximate surface area is 122 Å². The molecule has 7 heteroatoms. The number of carbonyl (C=O) groups is 1. The van der Waals surface area contributed by atoms with Crippen LogP contribution in [-0.2, 0) is 9.53 Å². The molecule has 1 fully saturated rings. The minimum atomic E-state index is -1.62. The van der Waals surface area contributed by atoms with Crippen LogP contribution < -0.4 is 5.32 Å². The molecule has 110 valence electrons. The first-order valence-electron chi connectivity index (χ1n) is 6.60. The summed E-state index contributed by atoms with van der Waals surface area (Å²) in [6.07, 6.45) is 2.14. The summed E-state index contributed by atoms with van der Waals surface area (Å²) in [4.78, 5) is 20.1. The molecule has 1 aliphatic carbocycles. The maximum Gasteiger partial charge on any atom is 0.339 e. The van der Waals surface area contributed by atoms with Gasteiger partial charge in [0.25, 0.3) is 0 Å². The van der Waals surface area contributed by atoms with Crippen molar-refractivity contribution in [3.05, 3.63) is 17.0 Å². The lowest BCUT2D eigenvalue weighted by Crippen LogP contribution is -2.43. The van der Waals surface area contributed by atoms with Crippen LogP contribution in [0.25, 0.3) is 0 Å². The van der Waals surface area contributed by atoms with Gasteiger partial charge in [0.05, 0.1) is 13.2 Å². The molecule has 0 aliphatic heterocycles. The van der Waals surface area contributed by atoms with E-state index in [-0.39, 0.29) is 13.2 Å². The second-order valence-electron chi connectivity index (χ2n) is 5.06. The molecule has 1 atom stereocenters. The molecule has 1 heterocycles. The van der Waals surface area contributed by atoms with E-state index >= 15 is 0 Å². The molecule has 0 saturated heterocycles. The average Bonchev–Trinajstić information content (AvgIpc) is 3.20. The third-order valence-corrected chi connectivity index (χ3v) is 3.18. The largest absolute Gasteiger partial charge is 0.464 e. The van der Waals surface area contributed by atoms with Gasteiger partial charge in [-0.3, -0.25) is 0 Å². The normalized spacial score (nSPS) is 17.4. The maximum absolute atomic E-state index is 11.6. The molecule has 0 radical (unpaired) electrons. The van der Waals surface area contributed by atoms with Crippen LogP contribution in [0, 0.1) is 0 Å². The number of rotatable bonds is 6. The van der Waals surface area contributed by atoms with Gasteiger partial charge in [-0.15, -0.1) is 0 Å². The molecule has 2 rings (SSSR count). The molecule has 6 nitrogen and oxygen atoms in total. The van der Waals surface area contributed by atoms with E-state index in [1.807, 2.05) is 0 Å². The molecular formula is C13H18ClN3O3. The Bertz CT molecular complexity index is 504. The lowest BCUT2D eigenvalue weighted by molar-refractivity contribution is -0.161. The summed E-state index contributed by atoms with van der Waals surface area (Å²) < 4.78 is 4.80. The summed E-state index contributed by atoms with van der Waals surface area (Å²) in [7, 11) is 0. The zero-order valence-electron chi connectivity index (χ0n) is 11.5. The number of nitrogens with one attached hydrogen (secondary N) is 1. The van der Waals surface area contributed by atoms with Gasteiger partial charge in [0.1, 0.15) is 16.8 Å². The SMILES string of the molecule is CCOC(=O)[C@@](C)(O)CNc1cc(Cl)nc(C2CC2)n1. The van der Waals surface area contributed by atoms with E-state index < -0.39 is 11.6 Å². The van der Waals surface area contributed by atoms with E-state index in [2.05, 4.69) is 15.3 Å². The molecule has 1 aromatic rings. The first-order chi connectivity index (χ1) is 9.42. The molecule has 0 bridgehead atoms. The molecule has 1 aliphatic rings. The lowest BCUT2D eigenvalue weighted by atomic mass is 10.1. The number of nitrogens with zero attached hydrogens (tertiary/aromatic N) is 2. The highest BCUT2D eigenvalue weighted by atomic mass is 35.5. The van der Waals surface area contributed by atoms with Gasteiger partial charge in [-0.05, 0) is 26.7 Å². The van der Waals surface area contributed by atoms with Gasteiger partial charge in [0, 0.05) is 12.0 Å². The highest BCUT2D eigenvalue weighted by molar-refractivity contribution is 6.29. The van der Waals surface area contributed by atoms with Gasteiger partial charge >= 0.3 is 5.97 Å². The van der Waals surface area contributed by atoms with Crippen LogP contribution in [-0.4, -0.2) is 39.8 Å². The second-order valence-corrected chi connectivity index (χ2v) is 5.44. The monoisotopic (exact) mass is 299 g/mol. The van der Waals surface area contributed by atoms with Gasteiger partial charge in [0.15, 0.2) is 5.60 Å². The van der Waals surface area contributed by atoms with Crippen LogP contribution in [0.4, 0.5) is 5.82 Å². The molecule has 0 unspecified atom stereocenters. The Morgan fingerprint density at radius 1 is 1.60 bits per heavy atom. The number of halogens is 1. The number of aliphatic hydroxyl groups is 1. The highest BCUT2D eigenvalue weighted by Gasteiger charge is 2.32. The van der Waals surface area contributed by atoms with Gasteiger partial charge in [-0.2, -0.15) is 0 Å². The average molecular weight is 300 g/mol. The summed E-state index contributed by atoms with van der Waals surface area (Å²) in [5, 5.41) is 13.3.